The van der Waals surface area contributed by atoms with Gasteiger partial charge in [-0.05, 0) is 30.9 Å². The lowest BCUT2D eigenvalue weighted by Gasteiger charge is -2.07. The molecule has 2 aromatic rings. The predicted molar refractivity (Wildman–Crippen MR) is 88.5 cm³/mol. The summed E-state index contributed by atoms with van der Waals surface area (Å²) in [5, 5.41) is 0.599. The van der Waals surface area contributed by atoms with Crippen molar-refractivity contribution in [2.45, 2.75) is 58.8 Å². The molecule has 0 radical (unpaired) electrons. The topological polar surface area (TPSA) is 52.3 Å². The van der Waals surface area contributed by atoms with Crippen LogP contribution in [0.25, 0.3) is 10.9 Å². The van der Waals surface area contributed by atoms with E-state index >= 15 is 0 Å². The summed E-state index contributed by atoms with van der Waals surface area (Å²) >= 11 is 0. The van der Waals surface area contributed by atoms with Crippen molar-refractivity contribution in [3.05, 3.63) is 34.2 Å². The van der Waals surface area contributed by atoms with E-state index in [4.69, 9.17) is 9.15 Å². The molecule has 0 N–H and O–H groups in total. The zero-order valence-electron chi connectivity index (χ0n) is 13.6. The first-order valence-corrected chi connectivity index (χ1v) is 8.31. The van der Waals surface area contributed by atoms with E-state index in [-0.39, 0.29) is 11.7 Å². The fourth-order valence-electron chi connectivity index (χ4n) is 2.48. The monoisotopic (exact) mass is 303 g/mol. The van der Waals surface area contributed by atoms with Crippen molar-refractivity contribution in [3.8, 4) is 6.08 Å². The molecule has 0 fully saturated rings. The fourth-order valence-corrected chi connectivity index (χ4v) is 2.48. The lowest BCUT2D eigenvalue weighted by molar-refractivity contribution is 0.213. The maximum Gasteiger partial charge on any atom is 0.397 e. The summed E-state index contributed by atoms with van der Waals surface area (Å²) in [5.74, 6) is 0. The molecule has 0 bridgehead atoms. The third-order valence-corrected chi connectivity index (χ3v) is 3.75. The van der Waals surface area contributed by atoms with Crippen molar-refractivity contribution in [3.63, 3.8) is 0 Å². The Bertz CT molecular complexity index is 648. The Morgan fingerprint density at radius 3 is 2.68 bits per heavy atom. The van der Waals surface area contributed by atoms with Gasteiger partial charge in [-0.3, -0.25) is 0 Å². The van der Waals surface area contributed by atoms with E-state index in [2.05, 4.69) is 18.8 Å². The highest BCUT2D eigenvalue weighted by Gasteiger charge is 2.11. The van der Waals surface area contributed by atoms with Gasteiger partial charge in [0.05, 0.1) is 17.5 Å². The van der Waals surface area contributed by atoms with E-state index in [1.165, 1.54) is 19.3 Å². The molecule has 0 saturated carbocycles. The summed E-state index contributed by atoms with van der Waals surface area (Å²) in [5.41, 5.74) is 1.34. The molecule has 0 aliphatic carbocycles. The number of unbranched alkanes of at least 4 members (excludes halogenated alkanes) is 4. The molecule has 22 heavy (non-hydrogen) atoms. The number of hydrogen-bond donors (Lipinski definition) is 0. The molecule has 4 heteroatoms. The van der Waals surface area contributed by atoms with Crippen LogP contribution in [0.2, 0.25) is 0 Å². The Labute approximate surface area is 131 Å². The van der Waals surface area contributed by atoms with E-state index in [0.717, 1.165) is 31.2 Å². The minimum Gasteiger partial charge on any atom is -0.450 e. The summed E-state index contributed by atoms with van der Waals surface area (Å²) in [4.78, 5) is 16.6. The smallest absolute Gasteiger partial charge is 0.397 e. The number of ether oxygens (including phenoxy) is 1. The van der Waals surface area contributed by atoms with Crippen LogP contribution < -0.4 is 10.4 Å². The number of rotatable bonds is 9. The van der Waals surface area contributed by atoms with Gasteiger partial charge in [0, 0.05) is 0 Å². The molecule has 0 amide bonds. The van der Waals surface area contributed by atoms with E-state index in [1.54, 1.807) is 0 Å². The fraction of sp³-hybridized carbons (Fsp3) is 0.556. The van der Waals surface area contributed by atoms with Crippen molar-refractivity contribution in [2.24, 2.45) is 0 Å². The molecular weight excluding hydrogens is 278 g/mol. The molecule has 0 atom stereocenters. The third kappa shape index (κ3) is 4.33. The summed E-state index contributed by atoms with van der Waals surface area (Å²) in [6.45, 7) is 4.79. The first-order valence-electron chi connectivity index (χ1n) is 8.31. The number of benzene rings is 1. The van der Waals surface area contributed by atoms with Crippen molar-refractivity contribution in [1.29, 1.82) is 0 Å². The van der Waals surface area contributed by atoms with Gasteiger partial charge >= 0.3 is 11.7 Å². The van der Waals surface area contributed by atoms with Gasteiger partial charge in [0.2, 0.25) is 0 Å². The summed E-state index contributed by atoms with van der Waals surface area (Å²) < 4.78 is 10.6. The van der Waals surface area contributed by atoms with E-state index in [9.17, 15) is 4.79 Å². The van der Waals surface area contributed by atoms with Crippen LogP contribution >= 0.6 is 0 Å². The highest BCUT2D eigenvalue weighted by molar-refractivity contribution is 5.80. The van der Waals surface area contributed by atoms with E-state index < -0.39 is 0 Å². The van der Waals surface area contributed by atoms with Crippen LogP contribution in [0.15, 0.2) is 27.4 Å². The molecule has 120 valence electrons. The predicted octanol–water partition coefficient (Wildman–Crippen LogP) is 4.49. The van der Waals surface area contributed by atoms with Crippen LogP contribution in [-0.2, 0) is 6.42 Å². The second kappa shape index (κ2) is 8.57. The van der Waals surface area contributed by atoms with Crippen molar-refractivity contribution in [1.82, 2.24) is 4.98 Å². The quantitative estimate of drug-likeness (QED) is 0.640. The highest BCUT2D eigenvalue weighted by Crippen LogP contribution is 2.19. The molecule has 4 nitrogen and oxygen atoms in total. The van der Waals surface area contributed by atoms with Crippen LogP contribution in [0.3, 0.4) is 0 Å². The van der Waals surface area contributed by atoms with E-state index in [0.29, 0.717) is 17.5 Å². The zero-order valence-corrected chi connectivity index (χ0v) is 13.6. The maximum atomic E-state index is 12.3. The van der Waals surface area contributed by atoms with Gasteiger partial charge in [0.25, 0.3) is 0 Å². The molecule has 0 aliphatic heterocycles. The van der Waals surface area contributed by atoms with Gasteiger partial charge in [-0.1, -0.05) is 51.7 Å². The molecule has 2 rings (SSSR count). The van der Waals surface area contributed by atoms with E-state index in [1.807, 2.05) is 18.2 Å². The van der Waals surface area contributed by atoms with Gasteiger partial charge in [-0.15, -0.1) is 0 Å². The average Bonchev–Trinajstić information content (AvgIpc) is 2.51. The lowest BCUT2D eigenvalue weighted by atomic mass is 10.0. The summed E-state index contributed by atoms with van der Waals surface area (Å²) in [7, 11) is 0. The second-order valence-electron chi connectivity index (χ2n) is 5.59. The maximum absolute atomic E-state index is 12.3. The van der Waals surface area contributed by atoms with Gasteiger partial charge in [0.15, 0.2) is 0 Å². The molecular formula is C18H25NO3. The highest BCUT2D eigenvalue weighted by atomic mass is 16.6. The second-order valence-corrected chi connectivity index (χ2v) is 5.59. The Morgan fingerprint density at radius 2 is 1.91 bits per heavy atom. The van der Waals surface area contributed by atoms with Crippen molar-refractivity contribution in [2.75, 3.05) is 6.61 Å². The van der Waals surface area contributed by atoms with Crippen LogP contribution in [0.1, 0.15) is 57.9 Å². The first kappa shape index (κ1) is 16.5. The van der Waals surface area contributed by atoms with Gasteiger partial charge in [0.1, 0.15) is 0 Å². The molecule has 0 spiro atoms. The SMILES string of the molecule is CCCCCCc1cccc2nc(OCCCC)oc(=O)c12. The van der Waals surface area contributed by atoms with Crippen molar-refractivity contribution >= 4 is 10.9 Å². The minimum atomic E-state index is -0.345. The first-order chi connectivity index (χ1) is 10.8. The summed E-state index contributed by atoms with van der Waals surface area (Å²) in [6.07, 6.45) is 7.62. The number of fused-ring (bicyclic) bond motifs is 1. The van der Waals surface area contributed by atoms with Crippen LogP contribution in [0.4, 0.5) is 0 Å². The molecule has 1 aromatic heterocycles. The van der Waals surface area contributed by atoms with Gasteiger partial charge in [-0.25, -0.2) is 4.79 Å². The molecule has 0 unspecified atom stereocenters. The third-order valence-electron chi connectivity index (χ3n) is 3.75. The van der Waals surface area contributed by atoms with Crippen molar-refractivity contribution < 1.29 is 9.15 Å². The normalized spacial score (nSPS) is 11.0. The van der Waals surface area contributed by atoms with Gasteiger partial charge in [-0.2, -0.15) is 4.98 Å². The Kier molecular flexibility index (Phi) is 6.44. The Morgan fingerprint density at radius 1 is 1.09 bits per heavy atom. The number of aromatic nitrogens is 1. The molecule has 0 aliphatic rings. The van der Waals surface area contributed by atoms with Crippen LogP contribution in [0, 0.1) is 0 Å². The zero-order chi connectivity index (χ0) is 15.8. The van der Waals surface area contributed by atoms with Crippen LogP contribution in [0.5, 0.6) is 6.08 Å². The number of aryl methyl sites for hydroxylation is 1. The molecule has 1 aromatic carbocycles. The van der Waals surface area contributed by atoms with Gasteiger partial charge < -0.3 is 9.15 Å². The molecule has 0 saturated heterocycles. The lowest BCUT2D eigenvalue weighted by Crippen LogP contribution is -2.08. The standard InChI is InChI=1S/C18H25NO3/c1-3-5-7-8-10-14-11-9-12-15-16(14)17(20)22-18(19-15)21-13-6-4-2/h9,11-12H,3-8,10,13H2,1-2H3. The minimum absolute atomic E-state index is 0.0779. The number of hydrogen-bond acceptors (Lipinski definition) is 4. The number of nitrogens with zero attached hydrogens (tertiary/aromatic N) is 1. The largest absolute Gasteiger partial charge is 0.450 e. The summed E-state index contributed by atoms with van der Waals surface area (Å²) in [6, 6.07) is 5.78. The van der Waals surface area contributed by atoms with Crippen LogP contribution in [-0.4, -0.2) is 11.6 Å². The Hall–Kier alpha value is -1.84. The average molecular weight is 303 g/mol. The Balaban J connectivity index is 2.19. The molecule has 1 heterocycles.